The summed E-state index contributed by atoms with van der Waals surface area (Å²) in [5.41, 5.74) is 13.0. The number of ether oxygens (including phenoxy) is 1. The Morgan fingerprint density at radius 2 is 1.33 bits per heavy atom. The summed E-state index contributed by atoms with van der Waals surface area (Å²) in [6.07, 6.45) is 6.27. The lowest BCUT2D eigenvalue weighted by Gasteiger charge is -2.33. The number of pyridine rings is 1. The first-order valence-corrected chi connectivity index (χ1v) is 20.2. The zero-order valence-corrected chi connectivity index (χ0v) is 33.8. The molecule has 3 aromatic heterocycles. The van der Waals surface area contributed by atoms with Gasteiger partial charge in [-0.05, 0) is 97.5 Å². The lowest BCUT2D eigenvalue weighted by Crippen LogP contribution is -2.39. The van der Waals surface area contributed by atoms with Crippen LogP contribution in [0.2, 0.25) is 0 Å². The number of hydrogen-bond acceptors (Lipinski definition) is 4. The fraction of sp³-hybridized carbons (Fsp3) is 0.173. The molecule has 0 radical (unpaired) electrons. The largest absolute Gasteiger partial charge is 0.457 e. The van der Waals surface area contributed by atoms with Crippen molar-refractivity contribution in [2.75, 3.05) is 11.6 Å². The molecule has 0 amide bonds. The number of anilines is 1. The van der Waals surface area contributed by atoms with Crippen LogP contribution in [0.3, 0.4) is 0 Å². The molecule has 0 unspecified atom stereocenters. The highest BCUT2D eigenvalue weighted by molar-refractivity contribution is 6.22. The summed E-state index contributed by atoms with van der Waals surface area (Å²) in [5, 5.41) is 4.86. The smallest absolute Gasteiger partial charge is 0.137 e. The maximum absolute atomic E-state index is 6.75. The molecule has 6 heteroatoms. The van der Waals surface area contributed by atoms with Crippen molar-refractivity contribution < 1.29 is 4.74 Å². The number of aromatic nitrogens is 3. The number of rotatable bonds is 4. The van der Waals surface area contributed by atoms with Gasteiger partial charge in [0.2, 0.25) is 0 Å². The van der Waals surface area contributed by atoms with Gasteiger partial charge in [0.15, 0.2) is 0 Å². The third-order valence-corrected chi connectivity index (χ3v) is 12.1. The molecule has 9 aromatic rings. The van der Waals surface area contributed by atoms with Gasteiger partial charge in [-0.2, -0.15) is 0 Å². The van der Waals surface area contributed by atoms with Crippen molar-refractivity contribution in [3.8, 4) is 45.3 Å². The summed E-state index contributed by atoms with van der Waals surface area (Å²) >= 11 is 0. The van der Waals surface area contributed by atoms with Gasteiger partial charge in [0, 0.05) is 74.6 Å². The van der Waals surface area contributed by atoms with Crippen LogP contribution >= 0.6 is 0 Å². The van der Waals surface area contributed by atoms with Crippen molar-refractivity contribution >= 4 is 49.3 Å². The van der Waals surface area contributed by atoms with E-state index in [4.69, 9.17) is 9.72 Å². The third-order valence-electron chi connectivity index (χ3n) is 12.1. The number of fused-ring (bicyclic) bond motifs is 12. The SMILES string of the molecule is CC(C)(C)c1ccnc(-n2c3cc(Oc4cccc(N5C=CN(C(C)(C)C)C5)c4)ccc3c3c4c(ccc32)-n2c3ccccc3c3cccc(c32)-c2ccccc2-4)c1. The van der Waals surface area contributed by atoms with Gasteiger partial charge in [-0.15, -0.1) is 0 Å². The maximum atomic E-state index is 6.75. The van der Waals surface area contributed by atoms with Gasteiger partial charge in [0.05, 0.1) is 34.4 Å². The highest BCUT2D eigenvalue weighted by Gasteiger charge is 2.29. The summed E-state index contributed by atoms with van der Waals surface area (Å²) in [4.78, 5) is 9.66. The second-order valence-electron chi connectivity index (χ2n) is 17.8. The molecule has 58 heavy (non-hydrogen) atoms. The number of benzene rings is 6. The lowest BCUT2D eigenvalue weighted by atomic mass is 9.88. The zero-order valence-electron chi connectivity index (χ0n) is 33.8. The van der Waals surface area contributed by atoms with Crippen LogP contribution in [0.15, 0.2) is 152 Å². The quantitative estimate of drug-likeness (QED) is 0.179. The maximum Gasteiger partial charge on any atom is 0.137 e. The van der Waals surface area contributed by atoms with Crippen LogP contribution in [-0.4, -0.2) is 31.2 Å². The Kier molecular flexibility index (Phi) is 7.34. The van der Waals surface area contributed by atoms with Gasteiger partial charge >= 0.3 is 0 Å². The molecule has 6 aromatic carbocycles. The van der Waals surface area contributed by atoms with E-state index in [-0.39, 0.29) is 11.0 Å². The summed E-state index contributed by atoms with van der Waals surface area (Å²) in [6, 6.07) is 48.4. The molecular formula is C52H45N5O. The molecule has 0 atom stereocenters. The molecular weight excluding hydrogens is 711 g/mol. The minimum absolute atomic E-state index is 0.0425. The summed E-state index contributed by atoms with van der Waals surface area (Å²) in [6.45, 7) is 14.3. The first kappa shape index (κ1) is 34.5. The molecule has 0 aliphatic carbocycles. The normalized spacial score (nSPS) is 13.8. The fourth-order valence-electron chi connectivity index (χ4n) is 9.16. The Bertz CT molecular complexity index is 3170. The predicted octanol–water partition coefficient (Wildman–Crippen LogP) is 13.4. The molecule has 2 aliphatic heterocycles. The fourth-order valence-corrected chi connectivity index (χ4v) is 9.16. The first-order valence-electron chi connectivity index (χ1n) is 20.2. The molecule has 6 nitrogen and oxygen atoms in total. The molecule has 284 valence electrons. The summed E-state index contributed by atoms with van der Waals surface area (Å²) < 4.78 is 11.6. The van der Waals surface area contributed by atoms with Crippen molar-refractivity contribution in [1.29, 1.82) is 0 Å². The second kappa shape index (κ2) is 12.4. The molecule has 5 heterocycles. The summed E-state index contributed by atoms with van der Waals surface area (Å²) in [5.74, 6) is 2.44. The van der Waals surface area contributed by atoms with E-state index < -0.39 is 0 Å². The highest BCUT2D eigenvalue weighted by atomic mass is 16.5. The highest BCUT2D eigenvalue weighted by Crippen LogP contribution is 2.51. The van der Waals surface area contributed by atoms with E-state index in [2.05, 4.69) is 200 Å². The minimum Gasteiger partial charge on any atom is -0.457 e. The van der Waals surface area contributed by atoms with Gasteiger partial charge < -0.3 is 19.1 Å². The first-order chi connectivity index (χ1) is 28.0. The average Bonchev–Trinajstić information content (AvgIpc) is 3.92. The molecule has 2 aliphatic rings. The van der Waals surface area contributed by atoms with Gasteiger partial charge in [-0.3, -0.25) is 4.57 Å². The van der Waals surface area contributed by atoms with Crippen molar-refractivity contribution in [1.82, 2.24) is 19.0 Å². The van der Waals surface area contributed by atoms with Gasteiger partial charge in [-0.25, -0.2) is 4.98 Å². The van der Waals surface area contributed by atoms with E-state index in [1.807, 2.05) is 12.3 Å². The molecule has 0 fully saturated rings. The van der Waals surface area contributed by atoms with E-state index in [9.17, 15) is 0 Å². The van der Waals surface area contributed by atoms with E-state index in [1.165, 1.54) is 60.7 Å². The van der Waals surface area contributed by atoms with E-state index in [0.29, 0.717) is 0 Å². The van der Waals surface area contributed by atoms with Crippen molar-refractivity contribution in [2.24, 2.45) is 0 Å². The molecule has 0 bridgehead atoms. The van der Waals surface area contributed by atoms with E-state index in [1.54, 1.807) is 0 Å². The Labute approximate surface area is 338 Å². The molecule has 0 saturated carbocycles. The lowest BCUT2D eigenvalue weighted by molar-refractivity contribution is 0.223. The van der Waals surface area contributed by atoms with Crippen LogP contribution in [0, 0.1) is 0 Å². The van der Waals surface area contributed by atoms with E-state index in [0.717, 1.165) is 46.1 Å². The molecule has 0 N–H and O–H groups in total. The molecule has 0 saturated heterocycles. The van der Waals surface area contributed by atoms with Gasteiger partial charge in [0.25, 0.3) is 0 Å². The molecule has 11 rings (SSSR count). The van der Waals surface area contributed by atoms with Crippen LogP contribution in [0.5, 0.6) is 11.5 Å². The standard InChI is InChI=1S/C52H45N5O/c1-51(2,3)33-25-26-53-47(29-33)56-44-23-24-45-48(39-17-8-7-15-37(39)40-18-12-19-41-38-16-9-10-20-43(38)57(45)50(40)41)49(44)42-22-21-36(31-46(42)56)58-35-14-11-13-34(30-35)54-27-28-55(32-54)52(4,5)6/h7-31H,32H2,1-6H3. The third kappa shape index (κ3) is 5.21. The van der Waals surface area contributed by atoms with Crippen molar-refractivity contribution in [3.63, 3.8) is 0 Å². The monoisotopic (exact) mass is 755 g/mol. The Morgan fingerprint density at radius 1 is 0.569 bits per heavy atom. The zero-order chi connectivity index (χ0) is 39.5. The van der Waals surface area contributed by atoms with Crippen LogP contribution in [0.4, 0.5) is 5.69 Å². The predicted molar refractivity (Wildman–Crippen MR) is 241 cm³/mol. The van der Waals surface area contributed by atoms with Gasteiger partial charge in [-0.1, -0.05) is 87.5 Å². The Balaban J connectivity index is 1.15. The molecule has 0 spiro atoms. The minimum atomic E-state index is -0.0488. The van der Waals surface area contributed by atoms with Crippen LogP contribution in [-0.2, 0) is 5.41 Å². The van der Waals surface area contributed by atoms with E-state index >= 15 is 0 Å². The van der Waals surface area contributed by atoms with Crippen LogP contribution in [0.1, 0.15) is 47.1 Å². The second-order valence-corrected chi connectivity index (χ2v) is 17.8. The number of nitrogens with zero attached hydrogens (tertiary/aromatic N) is 5. The number of hydrogen-bond donors (Lipinski definition) is 0. The van der Waals surface area contributed by atoms with Crippen molar-refractivity contribution in [2.45, 2.75) is 52.5 Å². The number of para-hydroxylation sites is 2. The summed E-state index contributed by atoms with van der Waals surface area (Å²) in [7, 11) is 0. The van der Waals surface area contributed by atoms with Gasteiger partial charge in [0.1, 0.15) is 17.3 Å². The Morgan fingerprint density at radius 3 is 2.16 bits per heavy atom. The topological polar surface area (TPSA) is 38.5 Å². The van der Waals surface area contributed by atoms with Crippen LogP contribution in [0.25, 0.3) is 77.4 Å². The Hall–Kier alpha value is -6.79. The van der Waals surface area contributed by atoms with Crippen molar-refractivity contribution in [3.05, 3.63) is 158 Å². The van der Waals surface area contributed by atoms with Crippen LogP contribution < -0.4 is 9.64 Å². The average molecular weight is 756 g/mol.